The Balaban J connectivity index is 2.03. The van der Waals surface area contributed by atoms with Crippen molar-refractivity contribution < 1.29 is 19.0 Å². The molecule has 2 heterocycles. The average molecular weight is 291 g/mol. The number of nitrogens with one attached hydrogen (secondary N) is 1. The van der Waals surface area contributed by atoms with E-state index >= 15 is 0 Å². The highest BCUT2D eigenvalue weighted by atomic mass is 16.5. The molecule has 1 fully saturated rings. The van der Waals surface area contributed by atoms with Gasteiger partial charge >= 0.3 is 0 Å². The predicted molar refractivity (Wildman–Crippen MR) is 78.6 cm³/mol. The van der Waals surface area contributed by atoms with Crippen LogP contribution in [-0.4, -0.2) is 37.7 Å². The van der Waals surface area contributed by atoms with Crippen molar-refractivity contribution in [3.8, 4) is 17.2 Å². The van der Waals surface area contributed by atoms with E-state index in [2.05, 4.69) is 5.32 Å². The summed E-state index contributed by atoms with van der Waals surface area (Å²) in [7, 11) is 0. The van der Waals surface area contributed by atoms with Crippen molar-refractivity contribution in [3.05, 3.63) is 17.7 Å². The summed E-state index contributed by atoms with van der Waals surface area (Å²) in [6.07, 6.45) is 1.25. The van der Waals surface area contributed by atoms with E-state index in [1.165, 1.54) is 0 Å². The first-order chi connectivity index (χ1) is 10.2. The van der Waals surface area contributed by atoms with E-state index in [-0.39, 0.29) is 5.78 Å². The van der Waals surface area contributed by atoms with Crippen molar-refractivity contribution in [2.75, 3.05) is 26.3 Å². The summed E-state index contributed by atoms with van der Waals surface area (Å²) >= 11 is 0. The molecule has 3 rings (SSSR count). The zero-order valence-corrected chi connectivity index (χ0v) is 12.5. The fourth-order valence-corrected chi connectivity index (χ4v) is 3.05. The number of hydrogen-bond donors (Lipinski definition) is 1. The Bertz CT molecular complexity index is 549. The Morgan fingerprint density at radius 2 is 2.10 bits per heavy atom. The van der Waals surface area contributed by atoms with Gasteiger partial charge in [0.05, 0.1) is 19.6 Å². The molecular formula is C16H21NO4. The number of rotatable bonds is 4. The second-order valence-corrected chi connectivity index (χ2v) is 5.47. The van der Waals surface area contributed by atoms with Crippen molar-refractivity contribution in [1.82, 2.24) is 5.32 Å². The normalized spacial score (nSPS) is 23.8. The molecule has 21 heavy (non-hydrogen) atoms. The van der Waals surface area contributed by atoms with Crippen LogP contribution in [0.25, 0.3) is 0 Å². The van der Waals surface area contributed by atoms with Gasteiger partial charge in [0, 0.05) is 25.1 Å². The zero-order valence-electron chi connectivity index (χ0n) is 12.5. The SMILES string of the molecule is CCOc1cc(OCC)c2c(c1)OC1(CCNC1)CC2=O. The van der Waals surface area contributed by atoms with Crippen LogP contribution >= 0.6 is 0 Å². The highest BCUT2D eigenvalue weighted by Gasteiger charge is 2.44. The standard InChI is InChI=1S/C16H21NO4/c1-3-19-11-7-13(20-4-2)15-12(18)9-16(5-6-17-10-16)21-14(15)8-11/h7-8,17H,3-6,9-10H2,1-2H3. The number of ether oxygens (including phenoxy) is 3. The summed E-state index contributed by atoms with van der Waals surface area (Å²) in [6, 6.07) is 3.58. The molecule has 0 bridgehead atoms. The maximum atomic E-state index is 12.6. The third kappa shape index (κ3) is 2.58. The van der Waals surface area contributed by atoms with Gasteiger partial charge in [-0.25, -0.2) is 0 Å². The first-order valence-electron chi connectivity index (χ1n) is 7.54. The van der Waals surface area contributed by atoms with Crippen LogP contribution in [0.4, 0.5) is 0 Å². The first-order valence-corrected chi connectivity index (χ1v) is 7.54. The predicted octanol–water partition coefficient (Wildman–Crippen LogP) is 2.18. The van der Waals surface area contributed by atoms with Gasteiger partial charge in [0.25, 0.3) is 0 Å². The number of ketones is 1. The molecule has 0 amide bonds. The van der Waals surface area contributed by atoms with Crippen LogP contribution < -0.4 is 19.5 Å². The molecule has 5 nitrogen and oxygen atoms in total. The minimum absolute atomic E-state index is 0.0893. The van der Waals surface area contributed by atoms with Crippen LogP contribution in [0.3, 0.4) is 0 Å². The average Bonchev–Trinajstić information content (AvgIpc) is 2.86. The van der Waals surface area contributed by atoms with Crippen molar-refractivity contribution >= 4 is 5.78 Å². The van der Waals surface area contributed by atoms with Crippen molar-refractivity contribution in [3.63, 3.8) is 0 Å². The Morgan fingerprint density at radius 3 is 2.76 bits per heavy atom. The van der Waals surface area contributed by atoms with Gasteiger partial charge in [-0.05, 0) is 20.4 Å². The topological polar surface area (TPSA) is 56.8 Å². The molecule has 114 valence electrons. The smallest absolute Gasteiger partial charge is 0.174 e. The maximum absolute atomic E-state index is 12.6. The lowest BCUT2D eigenvalue weighted by molar-refractivity contribution is 0.0519. The van der Waals surface area contributed by atoms with Gasteiger partial charge in [-0.3, -0.25) is 4.79 Å². The first kappa shape index (κ1) is 14.2. The minimum atomic E-state index is -0.404. The van der Waals surface area contributed by atoms with Gasteiger partial charge in [0.2, 0.25) is 0 Å². The van der Waals surface area contributed by atoms with E-state index in [0.717, 1.165) is 13.0 Å². The molecular weight excluding hydrogens is 270 g/mol. The molecule has 0 aliphatic carbocycles. The molecule has 1 aromatic carbocycles. The minimum Gasteiger partial charge on any atom is -0.494 e. The van der Waals surface area contributed by atoms with E-state index in [0.29, 0.717) is 49.0 Å². The molecule has 1 spiro atoms. The van der Waals surface area contributed by atoms with Gasteiger partial charge in [0.15, 0.2) is 5.78 Å². The van der Waals surface area contributed by atoms with Crippen LogP contribution in [0, 0.1) is 0 Å². The third-order valence-corrected chi connectivity index (χ3v) is 3.94. The fraction of sp³-hybridized carbons (Fsp3) is 0.562. The highest BCUT2D eigenvalue weighted by Crippen LogP contribution is 2.43. The third-order valence-electron chi connectivity index (χ3n) is 3.94. The second kappa shape index (κ2) is 5.56. The van der Waals surface area contributed by atoms with Crippen molar-refractivity contribution in [2.24, 2.45) is 0 Å². The molecule has 0 radical (unpaired) electrons. The fourth-order valence-electron chi connectivity index (χ4n) is 3.05. The molecule has 2 aliphatic rings. The Hall–Kier alpha value is -1.75. The molecule has 1 aromatic rings. The number of benzene rings is 1. The lowest BCUT2D eigenvalue weighted by Crippen LogP contribution is -2.43. The monoisotopic (exact) mass is 291 g/mol. The van der Waals surface area contributed by atoms with E-state index in [1.807, 2.05) is 13.8 Å². The summed E-state index contributed by atoms with van der Waals surface area (Å²) in [4.78, 5) is 12.6. The van der Waals surface area contributed by atoms with Gasteiger partial charge in [-0.1, -0.05) is 0 Å². The van der Waals surface area contributed by atoms with Gasteiger partial charge < -0.3 is 19.5 Å². The maximum Gasteiger partial charge on any atom is 0.174 e. The van der Waals surface area contributed by atoms with Gasteiger partial charge in [0.1, 0.15) is 28.4 Å². The number of carbonyl (C=O) groups is 1. The lowest BCUT2D eigenvalue weighted by Gasteiger charge is -2.34. The van der Waals surface area contributed by atoms with Crippen LogP contribution in [0.2, 0.25) is 0 Å². The van der Waals surface area contributed by atoms with Crippen LogP contribution in [0.5, 0.6) is 17.2 Å². The Kier molecular flexibility index (Phi) is 3.76. The molecule has 1 atom stereocenters. The van der Waals surface area contributed by atoms with Gasteiger partial charge in [-0.15, -0.1) is 0 Å². The van der Waals surface area contributed by atoms with Crippen molar-refractivity contribution in [2.45, 2.75) is 32.3 Å². The number of fused-ring (bicyclic) bond motifs is 1. The van der Waals surface area contributed by atoms with Crippen LogP contribution in [0.1, 0.15) is 37.0 Å². The molecule has 1 saturated heterocycles. The van der Waals surface area contributed by atoms with Crippen LogP contribution in [-0.2, 0) is 0 Å². The van der Waals surface area contributed by atoms with E-state index in [1.54, 1.807) is 12.1 Å². The Morgan fingerprint density at radius 1 is 1.29 bits per heavy atom. The number of Topliss-reactive ketones (excluding diaryl/α,β-unsaturated/α-hetero) is 1. The summed E-state index contributed by atoms with van der Waals surface area (Å²) in [6.45, 7) is 6.48. The lowest BCUT2D eigenvalue weighted by atomic mass is 9.89. The summed E-state index contributed by atoms with van der Waals surface area (Å²) in [5.74, 6) is 1.91. The quantitative estimate of drug-likeness (QED) is 0.921. The van der Waals surface area contributed by atoms with E-state index in [9.17, 15) is 4.79 Å². The number of carbonyl (C=O) groups excluding carboxylic acids is 1. The summed E-state index contributed by atoms with van der Waals surface area (Å²) in [5.41, 5.74) is 0.149. The van der Waals surface area contributed by atoms with E-state index in [4.69, 9.17) is 14.2 Å². The van der Waals surface area contributed by atoms with Crippen molar-refractivity contribution in [1.29, 1.82) is 0 Å². The molecule has 2 aliphatic heterocycles. The van der Waals surface area contributed by atoms with Gasteiger partial charge in [-0.2, -0.15) is 0 Å². The Labute approximate surface area is 124 Å². The summed E-state index contributed by atoms with van der Waals surface area (Å²) in [5, 5.41) is 3.27. The molecule has 0 saturated carbocycles. The highest BCUT2D eigenvalue weighted by molar-refractivity contribution is 6.03. The molecule has 5 heteroatoms. The molecule has 0 aromatic heterocycles. The second-order valence-electron chi connectivity index (χ2n) is 5.47. The van der Waals surface area contributed by atoms with E-state index < -0.39 is 5.60 Å². The van der Waals surface area contributed by atoms with Crippen LogP contribution in [0.15, 0.2) is 12.1 Å². The molecule has 1 unspecified atom stereocenters. The molecule has 1 N–H and O–H groups in total. The summed E-state index contributed by atoms with van der Waals surface area (Å²) < 4.78 is 17.4. The number of hydrogen-bond acceptors (Lipinski definition) is 5. The zero-order chi connectivity index (χ0) is 14.9. The largest absolute Gasteiger partial charge is 0.494 e.